The van der Waals surface area contributed by atoms with Gasteiger partial charge in [-0.1, -0.05) is 13.3 Å². The monoisotopic (exact) mass is 321 g/mol. The second-order valence-electron chi connectivity index (χ2n) is 5.88. The first-order chi connectivity index (χ1) is 11.3. The first-order valence-corrected chi connectivity index (χ1v) is 8.94. The lowest BCUT2D eigenvalue weighted by molar-refractivity contribution is 0.235. The maximum atomic E-state index is 4.68. The molecule has 1 aliphatic rings. The summed E-state index contributed by atoms with van der Waals surface area (Å²) in [6.45, 7) is 11.1. The first-order valence-electron chi connectivity index (χ1n) is 8.94. The molecule has 0 bridgehead atoms. The lowest BCUT2D eigenvalue weighted by Crippen LogP contribution is -2.40. The predicted octanol–water partition coefficient (Wildman–Crippen LogP) is 0.882. The van der Waals surface area contributed by atoms with E-state index in [4.69, 9.17) is 0 Å². The Labute approximate surface area is 139 Å². The number of aromatic nitrogens is 3. The van der Waals surface area contributed by atoms with E-state index in [1.807, 2.05) is 0 Å². The zero-order valence-electron chi connectivity index (χ0n) is 14.6. The molecular formula is C16H31N7. The number of nitrogens with zero attached hydrogens (tertiary/aromatic N) is 5. The summed E-state index contributed by atoms with van der Waals surface area (Å²) in [6, 6.07) is 0. The third-order valence-corrected chi connectivity index (χ3v) is 4.14. The van der Waals surface area contributed by atoms with Crippen LogP contribution in [0.25, 0.3) is 0 Å². The molecule has 1 saturated heterocycles. The highest BCUT2D eigenvalue weighted by Crippen LogP contribution is 2.07. The van der Waals surface area contributed by atoms with Crippen LogP contribution in [-0.2, 0) is 13.0 Å². The summed E-state index contributed by atoms with van der Waals surface area (Å²) in [6.07, 6.45) is 6.75. The van der Waals surface area contributed by atoms with Crippen LogP contribution >= 0.6 is 0 Å². The van der Waals surface area contributed by atoms with Crippen LogP contribution in [-0.4, -0.2) is 64.9 Å². The van der Waals surface area contributed by atoms with E-state index >= 15 is 0 Å². The number of likely N-dealkylation sites (tertiary alicyclic amines) is 1. The highest BCUT2D eigenvalue weighted by Gasteiger charge is 2.09. The molecule has 2 N–H and O–H groups in total. The summed E-state index contributed by atoms with van der Waals surface area (Å²) in [7, 11) is 0. The minimum Gasteiger partial charge on any atom is -0.357 e. The molecule has 2 rings (SSSR count). The summed E-state index contributed by atoms with van der Waals surface area (Å²) in [5.41, 5.74) is 0. The van der Waals surface area contributed by atoms with Gasteiger partial charge in [-0.15, -0.1) is 10.2 Å². The Balaban J connectivity index is 1.72. The van der Waals surface area contributed by atoms with E-state index in [0.717, 1.165) is 50.9 Å². The molecule has 1 aromatic rings. The van der Waals surface area contributed by atoms with Gasteiger partial charge in [0, 0.05) is 32.6 Å². The quantitative estimate of drug-likeness (QED) is 0.549. The molecule has 23 heavy (non-hydrogen) atoms. The van der Waals surface area contributed by atoms with Crippen LogP contribution < -0.4 is 10.6 Å². The number of guanidine groups is 1. The molecule has 130 valence electrons. The maximum Gasteiger partial charge on any atom is 0.191 e. The number of nitrogens with one attached hydrogen (secondary N) is 2. The molecule has 0 radical (unpaired) electrons. The van der Waals surface area contributed by atoms with Crippen LogP contribution in [0.15, 0.2) is 11.3 Å². The van der Waals surface area contributed by atoms with Crippen molar-refractivity contribution < 1.29 is 0 Å². The standard InChI is InChI=1S/C16H31N7/c1-3-15-21-20-14-23(15)13-9-19-16(17-4-2)18-8-12-22-10-6-5-7-11-22/h14H,3-13H2,1-2H3,(H2,17,18,19). The topological polar surface area (TPSA) is 70.4 Å². The number of rotatable bonds is 8. The lowest BCUT2D eigenvalue weighted by Gasteiger charge is -2.25. The van der Waals surface area contributed by atoms with Crippen molar-refractivity contribution in [3.05, 3.63) is 12.2 Å². The molecule has 7 heteroatoms. The third-order valence-electron chi connectivity index (χ3n) is 4.14. The summed E-state index contributed by atoms with van der Waals surface area (Å²) in [5, 5.41) is 14.8. The zero-order chi connectivity index (χ0) is 16.3. The summed E-state index contributed by atoms with van der Waals surface area (Å²) < 4.78 is 2.09. The van der Waals surface area contributed by atoms with Crippen LogP contribution in [0.3, 0.4) is 0 Å². The van der Waals surface area contributed by atoms with Gasteiger partial charge in [-0.25, -0.2) is 0 Å². The number of aliphatic imine (C=N–C) groups is 1. The van der Waals surface area contributed by atoms with Crippen LogP contribution in [0.4, 0.5) is 0 Å². The van der Waals surface area contributed by atoms with Gasteiger partial charge in [0.2, 0.25) is 0 Å². The largest absolute Gasteiger partial charge is 0.357 e. The molecule has 0 saturated carbocycles. The fourth-order valence-electron chi connectivity index (χ4n) is 2.86. The highest BCUT2D eigenvalue weighted by molar-refractivity contribution is 5.79. The Hall–Kier alpha value is -1.63. The van der Waals surface area contributed by atoms with Crippen molar-refractivity contribution in [3.63, 3.8) is 0 Å². The molecular weight excluding hydrogens is 290 g/mol. The van der Waals surface area contributed by atoms with Gasteiger partial charge in [0.1, 0.15) is 12.2 Å². The van der Waals surface area contributed by atoms with Crippen molar-refractivity contribution in [2.24, 2.45) is 4.99 Å². The van der Waals surface area contributed by atoms with Crippen LogP contribution in [0.5, 0.6) is 0 Å². The van der Waals surface area contributed by atoms with E-state index in [0.29, 0.717) is 0 Å². The second-order valence-corrected chi connectivity index (χ2v) is 5.88. The van der Waals surface area contributed by atoms with Crippen molar-refractivity contribution in [1.82, 2.24) is 30.3 Å². The van der Waals surface area contributed by atoms with Crippen LogP contribution in [0.2, 0.25) is 0 Å². The SMILES string of the molecule is CCNC(=NCCN1CCCCC1)NCCn1cnnc1CC. The van der Waals surface area contributed by atoms with E-state index in [9.17, 15) is 0 Å². The smallest absolute Gasteiger partial charge is 0.191 e. The number of hydrogen-bond acceptors (Lipinski definition) is 4. The minimum absolute atomic E-state index is 0.820. The Morgan fingerprint density at radius 2 is 2.00 bits per heavy atom. The van der Waals surface area contributed by atoms with Crippen molar-refractivity contribution in [3.8, 4) is 0 Å². The summed E-state index contributed by atoms with van der Waals surface area (Å²) >= 11 is 0. The lowest BCUT2D eigenvalue weighted by atomic mass is 10.1. The highest BCUT2D eigenvalue weighted by atomic mass is 15.3. The average molecular weight is 321 g/mol. The Morgan fingerprint density at radius 3 is 2.74 bits per heavy atom. The van der Waals surface area contributed by atoms with Gasteiger partial charge in [-0.2, -0.15) is 0 Å². The van der Waals surface area contributed by atoms with E-state index in [1.165, 1.54) is 32.4 Å². The number of piperidine rings is 1. The number of hydrogen-bond donors (Lipinski definition) is 2. The molecule has 0 aromatic carbocycles. The van der Waals surface area contributed by atoms with Gasteiger partial charge in [-0.05, 0) is 32.9 Å². The predicted molar refractivity (Wildman–Crippen MR) is 93.7 cm³/mol. The summed E-state index contributed by atoms with van der Waals surface area (Å²) in [5.74, 6) is 1.93. The Morgan fingerprint density at radius 1 is 1.17 bits per heavy atom. The number of aryl methyl sites for hydroxylation is 1. The fourth-order valence-corrected chi connectivity index (χ4v) is 2.86. The van der Waals surface area contributed by atoms with Gasteiger partial charge in [0.05, 0.1) is 6.54 Å². The van der Waals surface area contributed by atoms with Gasteiger partial charge in [0.25, 0.3) is 0 Å². The third kappa shape index (κ3) is 6.17. The maximum absolute atomic E-state index is 4.68. The fraction of sp³-hybridized carbons (Fsp3) is 0.812. The molecule has 0 atom stereocenters. The second kappa shape index (κ2) is 10.2. The zero-order valence-corrected chi connectivity index (χ0v) is 14.6. The van der Waals surface area contributed by atoms with Crippen molar-refractivity contribution in [2.45, 2.75) is 46.1 Å². The molecule has 7 nitrogen and oxygen atoms in total. The Bertz CT molecular complexity index is 463. The normalized spacial score (nSPS) is 16.5. The Kier molecular flexibility index (Phi) is 7.86. The molecule has 1 aliphatic heterocycles. The molecule has 2 heterocycles. The van der Waals surface area contributed by atoms with E-state index in [-0.39, 0.29) is 0 Å². The van der Waals surface area contributed by atoms with E-state index in [2.05, 4.69) is 49.1 Å². The van der Waals surface area contributed by atoms with Gasteiger partial charge in [-0.3, -0.25) is 4.99 Å². The molecule has 1 fully saturated rings. The van der Waals surface area contributed by atoms with Gasteiger partial charge in [0.15, 0.2) is 5.96 Å². The van der Waals surface area contributed by atoms with Crippen LogP contribution in [0, 0.1) is 0 Å². The van der Waals surface area contributed by atoms with Gasteiger partial charge >= 0.3 is 0 Å². The first kappa shape index (κ1) is 17.7. The molecule has 0 unspecified atom stereocenters. The van der Waals surface area contributed by atoms with Crippen molar-refractivity contribution in [2.75, 3.05) is 39.3 Å². The molecule has 0 spiro atoms. The van der Waals surface area contributed by atoms with Gasteiger partial charge < -0.3 is 20.1 Å². The molecule has 1 aromatic heterocycles. The molecule has 0 aliphatic carbocycles. The minimum atomic E-state index is 0.820. The van der Waals surface area contributed by atoms with Crippen molar-refractivity contribution in [1.29, 1.82) is 0 Å². The average Bonchev–Trinajstić information content (AvgIpc) is 3.03. The van der Waals surface area contributed by atoms with E-state index < -0.39 is 0 Å². The summed E-state index contributed by atoms with van der Waals surface area (Å²) in [4.78, 5) is 7.20. The van der Waals surface area contributed by atoms with Crippen molar-refractivity contribution >= 4 is 5.96 Å². The van der Waals surface area contributed by atoms with Crippen LogP contribution in [0.1, 0.15) is 38.9 Å². The van der Waals surface area contributed by atoms with E-state index in [1.54, 1.807) is 6.33 Å². The molecule has 0 amide bonds.